The molecule has 0 bridgehead atoms. The van der Waals surface area contributed by atoms with Crippen LogP contribution in [-0.2, 0) is 0 Å². The Kier molecular flexibility index (Phi) is 3.01. The molecule has 0 fully saturated rings. The van der Waals surface area contributed by atoms with Crippen molar-refractivity contribution < 1.29 is 0 Å². The predicted molar refractivity (Wildman–Crippen MR) is 88.0 cm³/mol. The van der Waals surface area contributed by atoms with Gasteiger partial charge in [-0.1, -0.05) is 24.3 Å². The van der Waals surface area contributed by atoms with Crippen LogP contribution in [0.2, 0.25) is 0 Å². The molecule has 4 nitrogen and oxygen atoms in total. The Morgan fingerprint density at radius 1 is 0.857 bits per heavy atom. The van der Waals surface area contributed by atoms with Gasteiger partial charge in [-0.3, -0.25) is 0 Å². The largest absolute Gasteiger partial charge is 0.383 e. The maximum Gasteiger partial charge on any atom is 0.222 e. The van der Waals surface area contributed by atoms with Gasteiger partial charge in [0.05, 0.1) is 5.52 Å². The molecule has 1 aromatic heterocycles. The van der Waals surface area contributed by atoms with E-state index in [1.807, 2.05) is 13.0 Å². The van der Waals surface area contributed by atoms with Gasteiger partial charge in [0.1, 0.15) is 5.82 Å². The Hall–Kier alpha value is -2.62. The molecule has 3 aromatic rings. The number of nitrogens with zero attached hydrogens (tertiary/aromatic N) is 2. The van der Waals surface area contributed by atoms with E-state index < -0.39 is 0 Å². The van der Waals surface area contributed by atoms with Crippen molar-refractivity contribution in [3.05, 3.63) is 47.0 Å². The second-order valence-electron chi connectivity index (χ2n) is 5.40. The predicted octanol–water partition coefficient (Wildman–Crippen LogP) is 3.39. The summed E-state index contributed by atoms with van der Waals surface area (Å²) in [7, 11) is 0. The summed E-state index contributed by atoms with van der Waals surface area (Å²) in [6.45, 7) is 6.27. The van der Waals surface area contributed by atoms with Crippen LogP contribution in [0.5, 0.6) is 0 Å². The zero-order valence-corrected chi connectivity index (χ0v) is 12.4. The Morgan fingerprint density at radius 3 is 2.33 bits per heavy atom. The van der Waals surface area contributed by atoms with E-state index in [4.69, 9.17) is 11.5 Å². The fourth-order valence-electron chi connectivity index (χ4n) is 2.66. The van der Waals surface area contributed by atoms with Gasteiger partial charge < -0.3 is 11.5 Å². The monoisotopic (exact) mass is 278 g/mol. The maximum atomic E-state index is 6.03. The summed E-state index contributed by atoms with van der Waals surface area (Å²) >= 11 is 0. The third-order valence-electron chi connectivity index (χ3n) is 3.99. The second-order valence-corrected chi connectivity index (χ2v) is 5.40. The van der Waals surface area contributed by atoms with Crippen molar-refractivity contribution >= 4 is 22.7 Å². The van der Waals surface area contributed by atoms with E-state index in [0.29, 0.717) is 5.82 Å². The number of fused-ring (bicyclic) bond motifs is 1. The van der Waals surface area contributed by atoms with Crippen LogP contribution in [0, 0.1) is 20.8 Å². The SMILES string of the molecule is Cc1ccc(-c2ccc3nc(N)nc(N)c3c2C)cc1C. The van der Waals surface area contributed by atoms with Gasteiger partial charge in [0.2, 0.25) is 5.95 Å². The van der Waals surface area contributed by atoms with E-state index in [1.165, 1.54) is 16.7 Å². The van der Waals surface area contributed by atoms with Gasteiger partial charge in [0.15, 0.2) is 0 Å². The number of benzene rings is 2. The average molecular weight is 278 g/mol. The summed E-state index contributed by atoms with van der Waals surface area (Å²) in [5, 5.41) is 0.875. The summed E-state index contributed by atoms with van der Waals surface area (Å²) in [4.78, 5) is 8.32. The van der Waals surface area contributed by atoms with Gasteiger partial charge in [-0.25, -0.2) is 4.98 Å². The molecular weight excluding hydrogens is 260 g/mol. The van der Waals surface area contributed by atoms with E-state index in [1.54, 1.807) is 0 Å². The van der Waals surface area contributed by atoms with Crippen molar-refractivity contribution in [3.63, 3.8) is 0 Å². The number of anilines is 2. The van der Waals surface area contributed by atoms with Crippen LogP contribution in [0.4, 0.5) is 11.8 Å². The first-order chi connectivity index (χ1) is 9.97. The van der Waals surface area contributed by atoms with Gasteiger partial charge >= 0.3 is 0 Å². The first kappa shape index (κ1) is 13.4. The smallest absolute Gasteiger partial charge is 0.222 e. The number of aryl methyl sites for hydroxylation is 3. The molecule has 0 atom stereocenters. The fraction of sp³-hybridized carbons (Fsp3) is 0.176. The van der Waals surface area contributed by atoms with E-state index in [2.05, 4.69) is 48.1 Å². The summed E-state index contributed by atoms with van der Waals surface area (Å²) < 4.78 is 0. The third-order valence-corrected chi connectivity index (χ3v) is 3.99. The summed E-state index contributed by atoms with van der Waals surface area (Å²) in [5.74, 6) is 0.638. The summed E-state index contributed by atoms with van der Waals surface area (Å²) in [5.41, 5.74) is 18.4. The highest BCUT2D eigenvalue weighted by Crippen LogP contribution is 2.32. The fourth-order valence-corrected chi connectivity index (χ4v) is 2.66. The van der Waals surface area contributed by atoms with E-state index >= 15 is 0 Å². The van der Waals surface area contributed by atoms with Crippen molar-refractivity contribution in [2.75, 3.05) is 11.5 Å². The first-order valence-electron chi connectivity index (χ1n) is 6.87. The van der Waals surface area contributed by atoms with Crippen LogP contribution in [-0.4, -0.2) is 9.97 Å². The van der Waals surface area contributed by atoms with Gasteiger partial charge in [-0.2, -0.15) is 4.98 Å². The van der Waals surface area contributed by atoms with Crippen molar-refractivity contribution in [3.8, 4) is 11.1 Å². The maximum absolute atomic E-state index is 6.03. The molecule has 0 aliphatic carbocycles. The van der Waals surface area contributed by atoms with Gasteiger partial charge in [0, 0.05) is 5.39 Å². The van der Waals surface area contributed by atoms with Crippen LogP contribution in [0.1, 0.15) is 16.7 Å². The highest BCUT2D eigenvalue weighted by Gasteiger charge is 2.11. The lowest BCUT2D eigenvalue weighted by atomic mass is 9.95. The lowest BCUT2D eigenvalue weighted by Crippen LogP contribution is -2.02. The number of aromatic nitrogens is 2. The second kappa shape index (κ2) is 4.74. The molecule has 2 aromatic carbocycles. The van der Waals surface area contributed by atoms with Crippen molar-refractivity contribution in [2.45, 2.75) is 20.8 Å². The molecule has 0 radical (unpaired) electrons. The van der Waals surface area contributed by atoms with E-state index in [9.17, 15) is 0 Å². The Labute approximate surface area is 123 Å². The van der Waals surface area contributed by atoms with Gasteiger partial charge in [-0.05, 0) is 54.7 Å². The zero-order valence-electron chi connectivity index (χ0n) is 12.4. The lowest BCUT2D eigenvalue weighted by Gasteiger charge is -2.12. The molecule has 106 valence electrons. The minimum absolute atomic E-state index is 0.207. The van der Waals surface area contributed by atoms with Crippen molar-refractivity contribution in [1.82, 2.24) is 9.97 Å². The third kappa shape index (κ3) is 2.18. The summed E-state index contributed by atoms with van der Waals surface area (Å²) in [6.07, 6.45) is 0. The molecule has 3 rings (SSSR count). The van der Waals surface area contributed by atoms with Crippen LogP contribution in [0.25, 0.3) is 22.0 Å². The molecule has 0 spiro atoms. The molecule has 0 saturated heterocycles. The molecule has 4 heteroatoms. The Morgan fingerprint density at radius 2 is 1.62 bits per heavy atom. The molecule has 4 N–H and O–H groups in total. The lowest BCUT2D eigenvalue weighted by molar-refractivity contribution is 1.24. The Balaban J connectivity index is 2.29. The van der Waals surface area contributed by atoms with Crippen LogP contribution in [0.15, 0.2) is 30.3 Å². The van der Waals surface area contributed by atoms with Crippen LogP contribution < -0.4 is 11.5 Å². The number of rotatable bonds is 1. The highest BCUT2D eigenvalue weighted by molar-refractivity contribution is 5.96. The van der Waals surface area contributed by atoms with E-state index in [0.717, 1.165) is 22.0 Å². The van der Waals surface area contributed by atoms with Crippen LogP contribution >= 0.6 is 0 Å². The zero-order chi connectivity index (χ0) is 15.1. The molecule has 0 saturated carbocycles. The highest BCUT2D eigenvalue weighted by atomic mass is 15.0. The summed E-state index contributed by atoms with van der Waals surface area (Å²) in [6, 6.07) is 10.5. The first-order valence-corrected chi connectivity index (χ1v) is 6.87. The molecule has 0 unspecified atom stereocenters. The van der Waals surface area contributed by atoms with Crippen molar-refractivity contribution in [1.29, 1.82) is 0 Å². The number of nitrogen functional groups attached to an aromatic ring is 2. The minimum atomic E-state index is 0.207. The standard InChI is InChI=1S/C17H18N4/c1-9-4-5-12(8-10(9)2)13-6-7-14-15(11(13)3)16(18)21-17(19)20-14/h4-8H,1-3H3,(H4,18,19,20,21). The number of hydrogen-bond donors (Lipinski definition) is 2. The number of hydrogen-bond acceptors (Lipinski definition) is 4. The van der Waals surface area contributed by atoms with Crippen LogP contribution in [0.3, 0.4) is 0 Å². The quantitative estimate of drug-likeness (QED) is 0.715. The van der Waals surface area contributed by atoms with Gasteiger partial charge in [-0.15, -0.1) is 0 Å². The Bertz CT molecular complexity index is 853. The molecule has 21 heavy (non-hydrogen) atoms. The molecule has 0 aliphatic rings. The van der Waals surface area contributed by atoms with Gasteiger partial charge in [0.25, 0.3) is 0 Å². The average Bonchev–Trinajstić information content (AvgIpc) is 2.41. The van der Waals surface area contributed by atoms with E-state index in [-0.39, 0.29) is 5.95 Å². The molecule has 0 aliphatic heterocycles. The molecule has 1 heterocycles. The molecule has 0 amide bonds. The molecular formula is C17H18N4. The normalized spacial score (nSPS) is 11.0. The topological polar surface area (TPSA) is 77.8 Å². The minimum Gasteiger partial charge on any atom is -0.383 e. The van der Waals surface area contributed by atoms with Crippen molar-refractivity contribution in [2.24, 2.45) is 0 Å². The number of nitrogens with two attached hydrogens (primary N) is 2.